The fourth-order valence-corrected chi connectivity index (χ4v) is 2.99. The largest absolute Gasteiger partial charge is 0.388 e. The van der Waals surface area contributed by atoms with Gasteiger partial charge in [0.05, 0.1) is 6.04 Å². The number of ketones is 1. The summed E-state index contributed by atoms with van der Waals surface area (Å²) in [5, 5.41) is 0. The van der Waals surface area contributed by atoms with Crippen molar-refractivity contribution in [2.75, 3.05) is 14.2 Å². The third kappa shape index (κ3) is 11.9. The van der Waals surface area contributed by atoms with Gasteiger partial charge in [-0.05, 0) is 53.9 Å². The molecule has 176 valence electrons. The van der Waals surface area contributed by atoms with E-state index in [1.54, 1.807) is 14.2 Å². The molecular weight excluding hydrogens is 382 g/mol. The summed E-state index contributed by atoms with van der Waals surface area (Å²) in [6, 6.07) is 16.8. The first-order valence-corrected chi connectivity index (χ1v) is 11.6. The second kappa shape index (κ2) is 16.7. The number of nitrogens with two attached hydrogens (primary N) is 1. The van der Waals surface area contributed by atoms with E-state index in [1.807, 2.05) is 13.8 Å². The number of rotatable bonds is 8. The Balaban J connectivity index is 0. The Morgan fingerprint density at radius 3 is 1.97 bits per heavy atom. The lowest BCUT2D eigenvalue weighted by atomic mass is 9.93. The van der Waals surface area contributed by atoms with Crippen LogP contribution in [0.5, 0.6) is 0 Å². The fourth-order valence-electron chi connectivity index (χ4n) is 2.99. The molecule has 0 aromatic heterocycles. The second-order valence-corrected chi connectivity index (χ2v) is 8.70. The van der Waals surface area contributed by atoms with Gasteiger partial charge in [0, 0.05) is 21.6 Å². The Labute approximate surface area is 192 Å². The zero-order valence-electron chi connectivity index (χ0n) is 21.1. The molecule has 2 N–H and O–H groups in total. The molecule has 0 bridgehead atoms. The number of carbonyl (C=O) groups excluding carboxylic acids is 1. The molecule has 1 unspecified atom stereocenters. The number of hydrogen-bond acceptors (Lipinski definition) is 3. The maximum Gasteiger partial charge on any atom is 0.152 e. The van der Waals surface area contributed by atoms with Crippen molar-refractivity contribution in [3.05, 3.63) is 59.7 Å². The second-order valence-electron chi connectivity index (χ2n) is 8.70. The van der Waals surface area contributed by atoms with E-state index >= 15 is 0 Å². The van der Waals surface area contributed by atoms with Crippen LogP contribution in [0.1, 0.15) is 66.9 Å². The van der Waals surface area contributed by atoms with Gasteiger partial charge < -0.3 is 10.5 Å². The highest BCUT2D eigenvalue weighted by atomic mass is 16.4. The van der Waals surface area contributed by atoms with Crippen LogP contribution in [0.2, 0.25) is 0 Å². The van der Waals surface area contributed by atoms with Gasteiger partial charge >= 0.3 is 0 Å². The maximum absolute atomic E-state index is 12.1. The number of ether oxygens (including phenoxy) is 1. The molecule has 31 heavy (non-hydrogen) atoms. The van der Waals surface area contributed by atoms with Crippen LogP contribution in [-0.4, -0.2) is 26.0 Å². The van der Waals surface area contributed by atoms with Gasteiger partial charge in [0.15, 0.2) is 5.78 Å². The van der Waals surface area contributed by atoms with Crippen molar-refractivity contribution in [1.29, 1.82) is 0 Å². The molecule has 0 saturated heterocycles. The lowest BCUT2D eigenvalue weighted by molar-refractivity contribution is -0.123. The SMILES string of the molecule is CC(C)C.CCc1ccccc1-c1ccc(CC[C@H](N)C(=O)C(C)CC)cc1.COC.[HH]. The van der Waals surface area contributed by atoms with E-state index in [4.69, 9.17) is 5.73 Å². The third-order valence-electron chi connectivity index (χ3n) is 4.87. The quantitative estimate of drug-likeness (QED) is 0.493. The summed E-state index contributed by atoms with van der Waals surface area (Å²) < 4.78 is 4.25. The van der Waals surface area contributed by atoms with E-state index in [0.29, 0.717) is 6.42 Å². The number of benzene rings is 2. The molecule has 0 aliphatic carbocycles. The molecule has 0 aliphatic heterocycles. The molecule has 0 aliphatic rings. The Kier molecular flexibility index (Phi) is 15.6. The zero-order chi connectivity index (χ0) is 23.8. The Hall–Kier alpha value is -1.97. The van der Waals surface area contributed by atoms with Gasteiger partial charge in [0.1, 0.15) is 0 Å². The number of Topliss-reactive ketones (excluding diaryl/α,β-unsaturated/α-hetero) is 1. The van der Waals surface area contributed by atoms with Crippen LogP contribution >= 0.6 is 0 Å². The van der Waals surface area contributed by atoms with Gasteiger partial charge in [-0.25, -0.2) is 0 Å². The summed E-state index contributed by atoms with van der Waals surface area (Å²) in [7, 11) is 3.25. The lowest BCUT2D eigenvalue weighted by Crippen LogP contribution is -2.34. The van der Waals surface area contributed by atoms with Crippen LogP contribution in [0.3, 0.4) is 0 Å². The van der Waals surface area contributed by atoms with Crippen molar-refractivity contribution in [2.24, 2.45) is 17.6 Å². The Morgan fingerprint density at radius 1 is 0.968 bits per heavy atom. The van der Waals surface area contributed by atoms with Crippen LogP contribution in [0.15, 0.2) is 48.5 Å². The first kappa shape index (κ1) is 29.0. The predicted molar refractivity (Wildman–Crippen MR) is 138 cm³/mol. The molecule has 0 saturated carbocycles. The number of carbonyl (C=O) groups is 1. The van der Waals surface area contributed by atoms with Gasteiger partial charge in [0.25, 0.3) is 0 Å². The molecule has 2 atom stereocenters. The van der Waals surface area contributed by atoms with E-state index in [2.05, 4.69) is 81.0 Å². The number of methoxy groups -OCH3 is 1. The fraction of sp³-hybridized carbons (Fsp3) is 0.536. The molecule has 0 radical (unpaired) electrons. The summed E-state index contributed by atoms with van der Waals surface area (Å²) in [4.78, 5) is 12.1. The van der Waals surface area contributed by atoms with Crippen LogP contribution in [-0.2, 0) is 22.4 Å². The molecule has 3 nitrogen and oxygen atoms in total. The first-order valence-electron chi connectivity index (χ1n) is 11.6. The van der Waals surface area contributed by atoms with Gasteiger partial charge in [-0.3, -0.25) is 4.79 Å². The normalized spacial score (nSPS) is 12.2. The predicted octanol–water partition coefficient (Wildman–Crippen LogP) is 6.96. The van der Waals surface area contributed by atoms with Crippen molar-refractivity contribution in [3.63, 3.8) is 0 Å². The highest BCUT2D eigenvalue weighted by Gasteiger charge is 2.18. The van der Waals surface area contributed by atoms with Crippen LogP contribution in [0.25, 0.3) is 11.1 Å². The summed E-state index contributed by atoms with van der Waals surface area (Å²) >= 11 is 0. The molecule has 0 amide bonds. The van der Waals surface area contributed by atoms with Crippen LogP contribution < -0.4 is 5.73 Å². The molecule has 2 aromatic carbocycles. The first-order chi connectivity index (χ1) is 14.7. The average Bonchev–Trinajstić information content (AvgIpc) is 2.76. The Morgan fingerprint density at radius 2 is 1.48 bits per heavy atom. The highest BCUT2D eigenvalue weighted by molar-refractivity contribution is 5.85. The van der Waals surface area contributed by atoms with E-state index in [-0.39, 0.29) is 19.2 Å². The molecule has 0 spiro atoms. The molecule has 2 rings (SSSR count). The summed E-state index contributed by atoms with van der Waals surface area (Å²) in [6.07, 6.45) is 3.45. The van der Waals surface area contributed by atoms with E-state index < -0.39 is 0 Å². The number of hydrogen-bond donors (Lipinski definition) is 1. The molecule has 3 heteroatoms. The third-order valence-corrected chi connectivity index (χ3v) is 4.87. The van der Waals surface area contributed by atoms with Crippen molar-refractivity contribution >= 4 is 5.78 Å². The van der Waals surface area contributed by atoms with Crippen LogP contribution in [0.4, 0.5) is 0 Å². The van der Waals surface area contributed by atoms with Gasteiger partial charge in [-0.2, -0.15) is 0 Å². The minimum atomic E-state index is -0.347. The van der Waals surface area contributed by atoms with Crippen molar-refractivity contribution in [1.82, 2.24) is 0 Å². The maximum atomic E-state index is 12.1. The smallest absolute Gasteiger partial charge is 0.152 e. The molecular formula is C28H47NO2. The minimum Gasteiger partial charge on any atom is -0.388 e. The summed E-state index contributed by atoms with van der Waals surface area (Å²) in [6.45, 7) is 12.7. The van der Waals surface area contributed by atoms with Crippen LogP contribution in [0, 0.1) is 11.8 Å². The van der Waals surface area contributed by atoms with E-state index in [0.717, 1.165) is 25.2 Å². The van der Waals surface area contributed by atoms with Crippen molar-refractivity contribution in [3.8, 4) is 11.1 Å². The minimum absolute atomic E-state index is 0. The Bertz CT molecular complexity index is 726. The lowest BCUT2D eigenvalue weighted by Gasteiger charge is -2.15. The zero-order valence-corrected chi connectivity index (χ0v) is 21.1. The van der Waals surface area contributed by atoms with E-state index in [1.165, 1.54) is 22.3 Å². The van der Waals surface area contributed by atoms with Gasteiger partial charge in [-0.1, -0.05) is 90.1 Å². The molecule has 0 heterocycles. The van der Waals surface area contributed by atoms with Crippen molar-refractivity contribution < 1.29 is 11.0 Å². The average molecular weight is 430 g/mol. The van der Waals surface area contributed by atoms with Gasteiger partial charge in [-0.15, -0.1) is 0 Å². The summed E-state index contributed by atoms with van der Waals surface area (Å²) in [5.41, 5.74) is 11.2. The summed E-state index contributed by atoms with van der Waals surface area (Å²) in [5.74, 6) is 1.08. The van der Waals surface area contributed by atoms with Gasteiger partial charge in [0.2, 0.25) is 0 Å². The standard InChI is InChI=1S/C22H29NO.C4H10.C2H6O.H2/c1-4-16(3)22(24)21(23)15-12-17-10-13-19(14-11-17)20-9-7-6-8-18(20)5-2;1-4(2)3;1-3-2;/h6-11,13-14,16,21H,4-5,12,15,23H2,1-3H3;4H,1-3H3;1-2H3;1H/t16?,21-;;;/m0.../s1. The van der Waals surface area contributed by atoms with Crippen molar-refractivity contribution in [2.45, 2.75) is 73.3 Å². The molecule has 2 aromatic rings. The highest BCUT2D eigenvalue weighted by Crippen LogP contribution is 2.24. The monoisotopic (exact) mass is 429 g/mol. The molecule has 0 fully saturated rings. The van der Waals surface area contributed by atoms with E-state index in [9.17, 15) is 4.79 Å². The number of aryl methyl sites for hydroxylation is 2. The topological polar surface area (TPSA) is 52.3 Å².